The number of Topliss-reactive ketones (excluding diaryl/α,β-unsaturated/α-hetero) is 1. The zero-order chi connectivity index (χ0) is 20.5. The number of hydrogen-bond donors (Lipinski definition) is 2. The van der Waals surface area contributed by atoms with Gasteiger partial charge in [0.1, 0.15) is 5.75 Å². The normalized spacial score (nSPS) is 15.2. The summed E-state index contributed by atoms with van der Waals surface area (Å²) in [7, 11) is 0. The van der Waals surface area contributed by atoms with Crippen LogP contribution in [0.3, 0.4) is 0 Å². The second-order valence-corrected chi connectivity index (χ2v) is 6.80. The van der Waals surface area contributed by atoms with Gasteiger partial charge in [-0.15, -0.1) is 0 Å². The van der Waals surface area contributed by atoms with Crippen molar-refractivity contribution in [3.63, 3.8) is 0 Å². The molecule has 1 aliphatic rings. The van der Waals surface area contributed by atoms with Gasteiger partial charge in [0.25, 0.3) is 5.91 Å². The van der Waals surface area contributed by atoms with Crippen LogP contribution in [-0.2, 0) is 14.3 Å². The monoisotopic (exact) mass is 390 g/mol. The van der Waals surface area contributed by atoms with Crippen LogP contribution >= 0.6 is 0 Å². The van der Waals surface area contributed by atoms with Crippen LogP contribution in [0.2, 0.25) is 0 Å². The van der Waals surface area contributed by atoms with Gasteiger partial charge >= 0.3 is 12.0 Å². The Morgan fingerprint density at radius 1 is 1.14 bits per heavy atom. The number of hydrogen-bond acceptors (Lipinski definition) is 6. The number of imide groups is 1. The summed E-state index contributed by atoms with van der Waals surface area (Å²) >= 11 is 0. The van der Waals surface area contributed by atoms with Crippen molar-refractivity contribution in [3.05, 3.63) is 29.8 Å². The Hall–Kier alpha value is -2.90. The highest BCUT2D eigenvalue weighted by Crippen LogP contribution is 2.17. The lowest BCUT2D eigenvalue weighted by Crippen LogP contribution is -2.48. The van der Waals surface area contributed by atoms with Gasteiger partial charge in [0.2, 0.25) is 0 Å². The average Bonchev–Trinajstić information content (AvgIpc) is 2.67. The molecule has 2 N–H and O–H groups in total. The summed E-state index contributed by atoms with van der Waals surface area (Å²) in [6, 6.07) is 5.87. The molecule has 152 valence electrons. The smallest absolute Gasteiger partial charge is 0.344 e. The summed E-state index contributed by atoms with van der Waals surface area (Å²) in [4.78, 5) is 47.1. The number of esters is 1. The fourth-order valence-electron chi connectivity index (χ4n) is 2.91. The third-order valence-corrected chi connectivity index (χ3v) is 4.45. The maximum atomic E-state index is 12.0. The van der Waals surface area contributed by atoms with Gasteiger partial charge < -0.3 is 14.8 Å². The Morgan fingerprint density at radius 3 is 2.54 bits per heavy atom. The van der Waals surface area contributed by atoms with Crippen molar-refractivity contribution in [2.75, 3.05) is 6.61 Å². The highest BCUT2D eigenvalue weighted by atomic mass is 16.6. The highest BCUT2D eigenvalue weighted by Gasteiger charge is 2.22. The molecule has 0 spiro atoms. The van der Waals surface area contributed by atoms with Gasteiger partial charge in [-0.25, -0.2) is 9.59 Å². The number of ether oxygens (including phenoxy) is 2. The maximum Gasteiger partial charge on any atom is 0.344 e. The summed E-state index contributed by atoms with van der Waals surface area (Å²) < 4.78 is 10.3. The molecular formula is C20H26N2O6. The molecule has 8 nitrogen and oxygen atoms in total. The predicted octanol–water partition coefficient (Wildman–Crippen LogP) is 2.36. The number of rotatable bonds is 7. The third kappa shape index (κ3) is 7.02. The molecule has 1 atom stereocenters. The van der Waals surface area contributed by atoms with Crippen molar-refractivity contribution in [2.45, 2.75) is 58.1 Å². The molecule has 0 aliphatic heterocycles. The Bertz CT molecular complexity index is 727. The van der Waals surface area contributed by atoms with Crippen LogP contribution in [0.1, 0.15) is 56.3 Å². The van der Waals surface area contributed by atoms with Crippen LogP contribution < -0.4 is 15.4 Å². The van der Waals surface area contributed by atoms with E-state index in [-0.39, 0.29) is 11.8 Å². The van der Waals surface area contributed by atoms with E-state index in [1.165, 1.54) is 19.9 Å². The van der Waals surface area contributed by atoms with E-state index >= 15 is 0 Å². The number of urea groups is 1. The van der Waals surface area contributed by atoms with E-state index in [0.29, 0.717) is 11.3 Å². The van der Waals surface area contributed by atoms with E-state index < -0.39 is 30.6 Å². The van der Waals surface area contributed by atoms with Gasteiger partial charge in [-0.1, -0.05) is 31.4 Å². The lowest BCUT2D eigenvalue weighted by molar-refractivity contribution is -0.156. The SMILES string of the molecule is CC(=O)c1cccc(OCC(=O)O[C@@H](C)C(=O)NC(=O)NC2CCCCC2)c1. The molecule has 1 aromatic carbocycles. The molecule has 0 radical (unpaired) electrons. The first kappa shape index (κ1) is 21.4. The number of amides is 3. The molecule has 0 unspecified atom stereocenters. The Morgan fingerprint density at radius 2 is 1.86 bits per heavy atom. The van der Waals surface area contributed by atoms with Crippen molar-refractivity contribution >= 4 is 23.7 Å². The van der Waals surface area contributed by atoms with Crippen molar-refractivity contribution < 1.29 is 28.7 Å². The molecule has 1 fully saturated rings. The third-order valence-electron chi connectivity index (χ3n) is 4.45. The summed E-state index contributed by atoms with van der Waals surface area (Å²) in [6.07, 6.45) is 3.93. The first-order valence-corrected chi connectivity index (χ1v) is 9.40. The Balaban J connectivity index is 1.73. The summed E-state index contributed by atoms with van der Waals surface area (Å²) in [5.74, 6) is -1.25. The standard InChI is InChI=1S/C20H26N2O6/c1-13(23)15-7-6-10-17(11-15)27-12-18(24)28-14(2)19(25)22-20(26)21-16-8-4-3-5-9-16/h6-7,10-11,14,16H,3-5,8-9,12H2,1-2H3,(H2,21,22,25,26)/t14-/m0/s1. The van der Waals surface area contributed by atoms with Gasteiger partial charge in [0.15, 0.2) is 18.5 Å². The zero-order valence-corrected chi connectivity index (χ0v) is 16.2. The zero-order valence-electron chi connectivity index (χ0n) is 16.2. The van der Waals surface area contributed by atoms with E-state index in [1.54, 1.807) is 18.2 Å². The first-order valence-electron chi connectivity index (χ1n) is 9.40. The van der Waals surface area contributed by atoms with E-state index in [4.69, 9.17) is 9.47 Å². The molecule has 2 rings (SSSR count). The number of carbonyl (C=O) groups is 4. The highest BCUT2D eigenvalue weighted by molar-refractivity contribution is 5.97. The minimum absolute atomic E-state index is 0.0681. The first-order chi connectivity index (χ1) is 13.3. The van der Waals surface area contributed by atoms with E-state index in [0.717, 1.165) is 32.1 Å². The van der Waals surface area contributed by atoms with Crippen molar-refractivity contribution in [2.24, 2.45) is 0 Å². The predicted molar refractivity (Wildman–Crippen MR) is 101 cm³/mol. The van der Waals surface area contributed by atoms with E-state index in [1.807, 2.05) is 0 Å². The maximum absolute atomic E-state index is 12.0. The molecule has 1 aliphatic carbocycles. The molecule has 0 aromatic heterocycles. The molecule has 1 saturated carbocycles. The summed E-state index contributed by atoms with van der Waals surface area (Å²) in [5.41, 5.74) is 0.461. The van der Waals surface area contributed by atoms with E-state index in [9.17, 15) is 19.2 Å². The Kier molecular flexibility index (Phi) is 7.98. The minimum atomic E-state index is -1.14. The van der Waals surface area contributed by atoms with Crippen molar-refractivity contribution in [3.8, 4) is 5.75 Å². The van der Waals surface area contributed by atoms with E-state index in [2.05, 4.69) is 10.6 Å². The average molecular weight is 390 g/mol. The lowest BCUT2D eigenvalue weighted by atomic mass is 9.96. The molecule has 3 amide bonds. The second kappa shape index (κ2) is 10.4. The molecule has 28 heavy (non-hydrogen) atoms. The van der Waals surface area contributed by atoms with Crippen LogP contribution in [0.15, 0.2) is 24.3 Å². The van der Waals surface area contributed by atoms with Gasteiger partial charge in [-0.3, -0.25) is 14.9 Å². The van der Waals surface area contributed by atoms with Crippen molar-refractivity contribution in [1.29, 1.82) is 0 Å². The molecule has 0 saturated heterocycles. The lowest BCUT2D eigenvalue weighted by Gasteiger charge is -2.23. The molecule has 8 heteroatoms. The number of carbonyl (C=O) groups excluding carboxylic acids is 4. The molecule has 0 bridgehead atoms. The number of ketones is 1. The quantitative estimate of drug-likeness (QED) is 0.546. The van der Waals surface area contributed by atoms with Crippen LogP contribution in [0.4, 0.5) is 4.79 Å². The second-order valence-electron chi connectivity index (χ2n) is 6.80. The summed E-state index contributed by atoms with van der Waals surface area (Å²) in [5, 5.41) is 4.94. The van der Waals surface area contributed by atoms with Crippen LogP contribution in [0.25, 0.3) is 0 Å². The van der Waals surface area contributed by atoms with Crippen LogP contribution in [0.5, 0.6) is 5.75 Å². The number of nitrogens with one attached hydrogen (secondary N) is 2. The Labute approximate surface area is 164 Å². The van der Waals surface area contributed by atoms with Gasteiger partial charge in [-0.2, -0.15) is 0 Å². The topological polar surface area (TPSA) is 111 Å². The molecule has 1 aromatic rings. The molecule has 0 heterocycles. The van der Waals surface area contributed by atoms with Crippen LogP contribution in [-0.4, -0.2) is 42.4 Å². The fourth-order valence-corrected chi connectivity index (χ4v) is 2.91. The fraction of sp³-hybridized carbons (Fsp3) is 0.500. The molecular weight excluding hydrogens is 364 g/mol. The minimum Gasteiger partial charge on any atom is -0.482 e. The largest absolute Gasteiger partial charge is 0.482 e. The van der Waals surface area contributed by atoms with Gasteiger partial charge in [-0.05, 0) is 38.8 Å². The van der Waals surface area contributed by atoms with Crippen molar-refractivity contribution in [1.82, 2.24) is 10.6 Å². The van der Waals surface area contributed by atoms with Gasteiger partial charge in [0, 0.05) is 11.6 Å². The number of benzene rings is 1. The summed E-state index contributed by atoms with van der Waals surface area (Å²) in [6.45, 7) is 2.38. The van der Waals surface area contributed by atoms with Gasteiger partial charge in [0.05, 0.1) is 0 Å². The van der Waals surface area contributed by atoms with Crippen LogP contribution in [0, 0.1) is 0 Å².